The molecule has 2 N–H and O–H groups in total. The molecule has 0 bridgehead atoms. The van der Waals surface area contributed by atoms with E-state index in [2.05, 4.69) is 4.74 Å². The van der Waals surface area contributed by atoms with Gasteiger partial charge in [-0.2, -0.15) is 13.2 Å². The number of nitrogens with zero attached hydrogens (tertiary/aromatic N) is 1. The number of ether oxygens (including phenoxy) is 1. The average Bonchev–Trinajstić information content (AvgIpc) is 3.10. The Morgan fingerprint density at radius 3 is 2.67 bits per heavy atom. The quantitative estimate of drug-likeness (QED) is 0.684. The largest absolute Gasteiger partial charge is 0.490 e. The van der Waals surface area contributed by atoms with Crippen LogP contribution in [0.2, 0.25) is 0 Å². The number of hydrogen-bond acceptors (Lipinski definition) is 4. The molecule has 0 saturated heterocycles. The van der Waals surface area contributed by atoms with Crippen LogP contribution in [-0.4, -0.2) is 31.5 Å². The van der Waals surface area contributed by atoms with E-state index in [4.69, 9.17) is 5.73 Å². The lowest BCUT2D eigenvalue weighted by Gasteiger charge is -2.24. The maximum absolute atomic E-state index is 12.2. The Kier molecular flexibility index (Phi) is 3.12. The molecule has 21 heavy (non-hydrogen) atoms. The van der Waals surface area contributed by atoms with Crippen molar-refractivity contribution in [2.45, 2.75) is 30.7 Å². The van der Waals surface area contributed by atoms with Crippen molar-refractivity contribution in [3.63, 3.8) is 0 Å². The first-order chi connectivity index (χ1) is 9.82. The highest BCUT2D eigenvalue weighted by atomic mass is 19.4. The summed E-state index contributed by atoms with van der Waals surface area (Å²) in [4.78, 5) is 12.7. The monoisotopic (exact) mass is 300 g/mol. The molecule has 1 spiro atoms. The molecule has 2 aliphatic rings. The summed E-state index contributed by atoms with van der Waals surface area (Å²) in [5, 5.41) is 0. The van der Waals surface area contributed by atoms with Gasteiger partial charge >= 0.3 is 12.1 Å². The summed E-state index contributed by atoms with van der Waals surface area (Å²) >= 11 is 0. The van der Waals surface area contributed by atoms with Crippen molar-refractivity contribution in [3.05, 3.63) is 29.8 Å². The van der Waals surface area contributed by atoms with Crippen LogP contribution in [0.1, 0.15) is 18.4 Å². The Bertz CT molecular complexity index is 570. The van der Waals surface area contributed by atoms with Crippen molar-refractivity contribution >= 4 is 11.7 Å². The van der Waals surface area contributed by atoms with Crippen LogP contribution in [0, 0.1) is 0 Å². The second-order valence-corrected chi connectivity index (χ2v) is 5.62. The highest BCUT2D eigenvalue weighted by molar-refractivity contribution is 5.75. The lowest BCUT2D eigenvalue weighted by Crippen LogP contribution is -2.43. The van der Waals surface area contributed by atoms with Crippen LogP contribution in [0.4, 0.5) is 18.9 Å². The van der Waals surface area contributed by atoms with E-state index in [1.54, 1.807) is 0 Å². The van der Waals surface area contributed by atoms with Gasteiger partial charge in [0.2, 0.25) is 0 Å². The van der Waals surface area contributed by atoms with Gasteiger partial charge in [0.15, 0.2) is 6.23 Å². The van der Waals surface area contributed by atoms with Gasteiger partial charge < -0.3 is 9.64 Å². The summed E-state index contributed by atoms with van der Waals surface area (Å²) in [5.74, 6) is -2.25. The molecule has 1 aliphatic carbocycles. The van der Waals surface area contributed by atoms with E-state index in [1.807, 2.05) is 29.2 Å². The summed E-state index contributed by atoms with van der Waals surface area (Å²) in [6.07, 6.45) is -4.19. The predicted octanol–water partition coefficient (Wildman–Crippen LogP) is 1.93. The molecule has 0 radical (unpaired) electrons. The van der Waals surface area contributed by atoms with Crippen molar-refractivity contribution < 1.29 is 22.7 Å². The lowest BCUT2D eigenvalue weighted by molar-refractivity contribution is -0.204. The normalized spacial score (nSPS) is 20.3. The summed E-state index contributed by atoms with van der Waals surface area (Å²) in [6, 6.07) is 7.78. The minimum atomic E-state index is -5.02. The number of carbonyl (C=O) groups excluding carboxylic acids is 1. The molecule has 0 aromatic heterocycles. The predicted molar refractivity (Wildman–Crippen MR) is 69.7 cm³/mol. The molecule has 1 heterocycles. The molecule has 1 saturated carbocycles. The number of esters is 1. The molecule has 1 aromatic rings. The van der Waals surface area contributed by atoms with Gasteiger partial charge in [0, 0.05) is 17.6 Å². The Hall–Kier alpha value is -1.76. The number of anilines is 1. The number of hydrogen-bond donors (Lipinski definition) is 1. The zero-order chi connectivity index (χ0) is 15.3. The standard InChI is InChI=1S/C14H15F3N2O2/c15-14(16,17)12(20)21-11(18)7-19-8-13(5-6-13)9-3-1-2-4-10(9)19/h1-4,11H,5-8,18H2. The number of para-hydroxylation sites is 1. The van der Waals surface area contributed by atoms with E-state index in [0.717, 1.165) is 18.5 Å². The van der Waals surface area contributed by atoms with Crippen molar-refractivity contribution in [2.75, 3.05) is 18.0 Å². The number of rotatable bonds is 3. The van der Waals surface area contributed by atoms with E-state index in [9.17, 15) is 18.0 Å². The van der Waals surface area contributed by atoms with Gasteiger partial charge in [0.05, 0.1) is 6.54 Å². The van der Waals surface area contributed by atoms with Gasteiger partial charge in [-0.25, -0.2) is 4.79 Å². The number of fused-ring (bicyclic) bond motifs is 2. The zero-order valence-corrected chi connectivity index (χ0v) is 11.2. The number of halogens is 3. The van der Waals surface area contributed by atoms with Crippen molar-refractivity contribution in [2.24, 2.45) is 5.73 Å². The van der Waals surface area contributed by atoms with Crippen molar-refractivity contribution in [1.29, 1.82) is 0 Å². The van der Waals surface area contributed by atoms with Gasteiger partial charge in [0.1, 0.15) is 0 Å². The molecule has 1 aromatic carbocycles. The third-order valence-corrected chi connectivity index (χ3v) is 4.05. The van der Waals surface area contributed by atoms with E-state index >= 15 is 0 Å². The second kappa shape index (κ2) is 4.62. The fourth-order valence-corrected chi connectivity index (χ4v) is 2.93. The maximum atomic E-state index is 12.2. The number of alkyl halides is 3. The lowest BCUT2D eigenvalue weighted by atomic mass is 9.99. The minimum Gasteiger partial charge on any atom is -0.438 e. The number of benzene rings is 1. The first kappa shape index (κ1) is 14.2. The van der Waals surface area contributed by atoms with Crippen LogP contribution in [0.15, 0.2) is 24.3 Å². The Labute approximate surface area is 119 Å². The summed E-state index contributed by atoms with van der Waals surface area (Å²) < 4.78 is 40.7. The van der Waals surface area contributed by atoms with Crippen LogP contribution in [-0.2, 0) is 14.9 Å². The Balaban J connectivity index is 1.68. The smallest absolute Gasteiger partial charge is 0.438 e. The summed E-state index contributed by atoms with van der Waals surface area (Å²) in [6.45, 7) is 0.768. The number of carbonyl (C=O) groups is 1. The molecule has 7 heteroatoms. The molecule has 1 fully saturated rings. The van der Waals surface area contributed by atoms with Gasteiger partial charge in [-0.1, -0.05) is 18.2 Å². The molecule has 3 rings (SSSR count). The van der Waals surface area contributed by atoms with E-state index in [0.29, 0.717) is 6.54 Å². The fourth-order valence-electron chi connectivity index (χ4n) is 2.93. The average molecular weight is 300 g/mol. The van der Waals surface area contributed by atoms with E-state index in [-0.39, 0.29) is 12.0 Å². The Morgan fingerprint density at radius 1 is 1.38 bits per heavy atom. The SMILES string of the molecule is NC(CN1CC2(CC2)c2ccccc21)OC(=O)C(F)(F)F. The van der Waals surface area contributed by atoms with Gasteiger partial charge in [-0.05, 0) is 24.5 Å². The van der Waals surface area contributed by atoms with Crippen LogP contribution < -0.4 is 10.6 Å². The third kappa shape index (κ3) is 2.57. The molecule has 0 amide bonds. The molecular formula is C14H15F3N2O2. The molecular weight excluding hydrogens is 285 g/mol. The van der Waals surface area contributed by atoms with Crippen molar-refractivity contribution in [3.8, 4) is 0 Å². The van der Waals surface area contributed by atoms with E-state index < -0.39 is 18.4 Å². The highest BCUT2D eigenvalue weighted by Gasteiger charge is 2.51. The van der Waals surface area contributed by atoms with Crippen LogP contribution >= 0.6 is 0 Å². The van der Waals surface area contributed by atoms with Gasteiger partial charge in [0.25, 0.3) is 0 Å². The van der Waals surface area contributed by atoms with Gasteiger partial charge in [-0.15, -0.1) is 0 Å². The van der Waals surface area contributed by atoms with Crippen LogP contribution in [0.5, 0.6) is 0 Å². The second-order valence-electron chi connectivity index (χ2n) is 5.62. The highest BCUT2D eigenvalue weighted by Crippen LogP contribution is 2.56. The molecule has 1 unspecified atom stereocenters. The molecule has 1 atom stereocenters. The third-order valence-electron chi connectivity index (χ3n) is 4.05. The first-order valence-corrected chi connectivity index (χ1v) is 6.70. The van der Waals surface area contributed by atoms with Crippen LogP contribution in [0.25, 0.3) is 0 Å². The molecule has 114 valence electrons. The Morgan fingerprint density at radius 2 is 2.05 bits per heavy atom. The van der Waals surface area contributed by atoms with E-state index in [1.165, 1.54) is 5.56 Å². The summed E-state index contributed by atoms with van der Waals surface area (Å²) in [5.41, 5.74) is 7.82. The maximum Gasteiger partial charge on any atom is 0.490 e. The summed E-state index contributed by atoms with van der Waals surface area (Å²) in [7, 11) is 0. The first-order valence-electron chi connectivity index (χ1n) is 6.70. The molecule has 4 nitrogen and oxygen atoms in total. The van der Waals surface area contributed by atoms with Crippen LogP contribution in [0.3, 0.4) is 0 Å². The topological polar surface area (TPSA) is 55.6 Å². The van der Waals surface area contributed by atoms with Gasteiger partial charge in [-0.3, -0.25) is 5.73 Å². The molecule has 1 aliphatic heterocycles. The zero-order valence-electron chi connectivity index (χ0n) is 11.2. The number of nitrogens with two attached hydrogens (primary N) is 1. The van der Waals surface area contributed by atoms with Crippen molar-refractivity contribution in [1.82, 2.24) is 0 Å². The fraction of sp³-hybridized carbons (Fsp3) is 0.500. The minimum absolute atomic E-state index is 0.0561.